The van der Waals surface area contributed by atoms with Gasteiger partial charge in [0, 0.05) is 0 Å². The maximum absolute atomic E-state index is 11.2. The molecule has 0 saturated heterocycles. The minimum Gasteiger partial charge on any atom is -0.487 e. The van der Waals surface area contributed by atoms with Crippen molar-refractivity contribution in [1.29, 1.82) is 0 Å². The number of aliphatic hydroxyl groups is 1. The van der Waals surface area contributed by atoms with Crippen molar-refractivity contribution >= 4 is 5.97 Å². The lowest BCUT2D eigenvalue weighted by Gasteiger charge is -2.12. The van der Waals surface area contributed by atoms with Crippen molar-refractivity contribution < 1.29 is 19.7 Å². The number of aromatic nitrogens is 3. The number of carboxylic acids is 1. The van der Waals surface area contributed by atoms with Gasteiger partial charge in [0.1, 0.15) is 18.1 Å². The number of aromatic carboxylic acids is 1. The summed E-state index contributed by atoms with van der Waals surface area (Å²) in [6.07, 6.45) is 0. The second kappa shape index (κ2) is 6.36. The first-order chi connectivity index (χ1) is 10.0. The molecular formula is C14H17N3O4. The molecule has 0 aliphatic carbocycles. The summed E-state index contributed by atoms with van der Waals surface area (Å²) in [5.74, 6) is -0.454. The number of para-hydroxylation sites is 1. The summed E-state index contributed by atoms with van der Waals surface area (Å²) < 4.78 is 7.09. The number of benzene rings is 1. The van der Waals surface area contributed by atoms with Crippen LogP contribution in [0.15, 0.2) is 18.2 Å². The number of nitrogens with zero attached hydrogens (tertiary/aromatic N) is 3. The van der Waals surface area contributed by atoms with E-state index in [9.17, 15) is 4.79 Å². The second-order valence-electron chi connectivity index (χ2n) is 4.65. The van der Waals surface area contributed by atoms with Crippen LogP contribution in [-0.4, -0.2) is 37.8 Å². The second-order valence-corrected chi connectivity index (χ2v) is 4.65. The molecule has 0 aliphatic heterocycles. The van der Waals surface area contributed by atoms with Crippen molar-refractivity contribution in [3.63, 3.8) is 0 Å². The molecular weight excluding hydrogens is 274 g/mol. The highest BCUT2D eigenvalue weighted by molar-refractivity contribution is 5.86. The van der Waals surface area contributed by atoms with Crippen LogP contribution in [0.3, 0.4) is 0 Å². The normalized spacial score (nSPS) is 10.6. The molecule has 0 amide bonds. The Bertz CT molecular complexity index is 631. The summed E-state index contributed by atoms with van der Waals surface area (Å²) in [5, 5.41) is 25.5. The first kappa shape index (κ1) is 15.0. The van der Waals surface area contributed by atoms with Crippen LogP contribution in [-0.2, 0) is 13.2 Å². The summed E-state index contributed by atoms with van der Waals surface area (Å²) in [6.45, 7) is 3.89. The Labute approximate surface area is 121 Å². The maximum Gasteiger partial charge on any atom is 0.358 e. The van der Waals surface area contributed by atoms with Gasteiger partial charge in [0.2, 0.25) is 0 Å². The Hall–Kier alpha value is -2.41. The lowest BCUT2D eigenvalue weighted by atomic mass is 10.1. The molecule has 0 atom stereocenters. The third-order valence-electron chi connectivity index (χ3n) is 3.11. The molecule has 0 spiro atoms. The van der Waals surface area contributed by atoms with Crippen LogP contribution < -0.4 is 4.74 Å². The quantitative estimate of drug-likeness (QED) is 0.829. The van der Waals surface area contributed by atoms with Crippen molar-refractivity contribution in [3.05, 3.63) is 40.7 Å². The van der Waals surface area contributed by atoms with Gasteiger partial charge in [-0.15, -0.1) is 5.10 Å². The SMILES string of the molecule is Cc1cccc(C)c1OCc1c(C(=O)O)nnn1CCO. The van der Waals surface area contributed by atoms with Crippen LogP contribution in [0.5, 0.6) is 5.75 Å². The van der Waals surface area contributed by atoms with E-state index in [-0.39, 0.29) is 25.5 Å². The van der Waals surface area contributed by atoms with Gasteiger partial charge in [-0.05, 0) is 25.0 Å². The number of carboxylic acid groups (broad SMARTS) is 1. The molecule has 1 aromatic carbocycles. The Kier molecular flexibility index (Phi) is 4.54. The highest BCUT2D eigenvalue weighted by atomic mass is 16.5. The standard InChI is InChI=1S/C14H17N3O4/c1-9-4-3-5-10(2)13(9)21-8-11-12(14(19)20)15-16-17(11)6-7-18/h3-5,18H,6-8H2,1-2H3,(H,19,20). The van der Waals surface area contributed by atoms with Crippen LogP contribution in [0.25, 0.3) is 0 Å². The van der Waals surface area contributed by atoms with Crippen molar-refractivity contribution in [2.45, 2.75) is 27.0 Å². The number of hydrogen-bond acceptors (Lipinski definition) is 5. The van der Waals surface area contributed by atoms with E-state index in [0.717, 1.165) is 11.1 Å². The van der Waals surface area contributed by atoms with Crippen molar-refractivity contribution in [1.82, 2.24) is 15.0 Å². The van der Waals surface area contributed by atoms with Gasteiger partial charge in [-0.2, -0.15) is 0 Å². The van der Waals surface area contributed by atoms with Crippen LogP contribution in [0.1, 0.15) is 27.3 Å². The fraction of sp³-hybridized carbons (Fsp3) is 0.357. The molecule has 0 unspecified atom stereocenters. The first-order valence-corrected chi connectivity index (χ1v) is 6.50. The Morgan fingerprint density at radius 1 is 1.33 bits per heavy atom. The zero-order valence-corrected chi connectivity index (χ0v) is 11.9. The van der Waals surface area contributed by atoms with E-state index in [1.54, 1.807) is 0 Å². The van der Waals surface area contributed by atoms with E-state index in [0.29, 0.717) is 11.4 Å². The molecule has 1 aromatic heterocycles. The maximum atomic E-state index is 11.2. The molecule has 2 N–H and O–H groups in total. The number of carbonyl (C=O) groups is 1. The summed E-state index contributed by atoms with van der Waals surface area (Å²) >= 11 is 0. The topological polar surface area (TPSA) is 97.5 Å². The summed E-state index contributed by atoms with van der Waals surface area (Å²) in [7, 11) is 0. The Balaban J connectivity index is 2.26. The van der Waals surface area contributed by atoms with E-state index in [2.05, 4.69) is 10.3 Å². The first-order valence-electron chi connectivity index (χ1n) is 6.50. The van der Waals surface area contributed by atoms with E-state index < -0.39 is 5.97 Å². The molecule has 0 bridgehead atoms. The largest absolute Gasteiger partial charge is 0.487 e. The van der Waals surface area contributed by atoms with Gasteiger partial charge in [0.15, 0.2) is 5.69 Å². The molecule has 0 radical (unpaired) electrons. The summed E-state index contributed by atoms with van der Waals surface area (Å²) in [5.41, 5.74) is 2.11. The molecule has 0 aliphatic rings. The third kappa shape index (κ3) is 3.19. The average molecular weight is 291 g/mol. The molecule has 2 aromatic rings. The van der Waals surface area contributed by atoms with E-state index in [1.165, 1.54) is 4.68 Å². The highest BCUT2D eigenvalue weighted by Crippen LogP contribution is 2.23. The van der Waals surface area contributed by atoms with Crippen molar-refractivity contribution in [2.75, 3.05) is 6.61 Å². The predicted molar refractivity (Wildman–Crippen MR) is 74.3 cm³/mol. The molecule has 21 heavy (non-hydrogen) atoms. The number of aryl methyl sites for hydroxylation is 2. The summed E-state index contributed by atoms with van der Waals surface area (Å²) in [4.78, 5) is 11.2. The van der Waals surface area contributed by atoms with E-state index in [1.807, 2.05) is 32.0 Å². The minimum absolute atomic E-state index is 0.0281. The Morgan fingerprint density at radius 2 is 2.00 bits per heavy atom. The molecule has 2 rings (SSSR count). The smallest absolute Gasteiger partial charge is 0.358 e. The lowest BCUT2D eigenvalue weighted by Crippen LogP contribution is -2.13. The van der Waals surface area contributed by atoms with Gasteiger partial charge in [0.05, 0.1) is 13.2 Å². The van der Waals surface area contributed by atoms with Gasteiger partial charge in [-0.25, -0.2) is 9.48 Å². The van der Waals surface area contributed by atoms with E-state index in [4.69, 9.17) is 14.9 Å². The monoisotopic (exact) mass is 291 g/mol. The van der Waals surface area contributed by atoms with E-state index >= 15 is 0 Å². The van der Waals surface area contributed by atoms with Crippen LogP contribution >= 0.6 is 0 Å². The predicted octanol–water partition coefficient (Wildman–Crippen LogP) is 1.16. The molecule has 1 heterocycles. The zero-order chi connectivity index (χ0) is 15.4. The molecule has 7 nitrogen and oxygen atoms in total. The average Bonchev–Trinajstić information content (AvgIpc) is 2.82. The number of aliphatic hydroxyl groups excluding tert-OH is 1. The Morgan fingerprint density at radius 3 is 2.57 bits per heavy atom. The van der Waals surface area contributed by atoms with Gasteiger partial charge >= 0.3 is 5.97 Å². The fourth-order valence-electron chi connectivity index (χ4n) is 2.08. The van der Waals surface area contributed by atoms with Gasteiger partial charge in [0.25, 0.3) is 0 Å². The van der Waals surface area contributed by atoms with Crippen LogP contribution in [0.2, 0.25) is 0 Å². The fourth-order valence-corrected chi connectivity index (χ4v) is 2.08. The van der Waals surface area contributed by atoms with Gasteiger partial charge in [-0.1, -0.05) is 23.4 Å². The van der Waals surface area contributed by atoms with Gasteiger partial charge < -0.3 is 14.9 Å². The lowest BCUT2D eigenvalue weighted by molar-refractivity contribution is 0.0687. The molecule has 7 heteroatoms. The number of rotatable bonds is 6. The van der Waals surface area contributed by atoms with Crippen molar-refractivity contribution in [3.8, 4) is 5.75 Å². The number of hydrogen-bond donors (Lipinski definition) is 2. The van der Waals surface area contributed by atoms with Crippen LogP contribution in [0.4, 0.5) is 0 Å². The summed E-state index contributed by atoms with van der Waals surface area (Å²) in [6, 6.07) is 5.77. The highest BCUT2D eigenvalue weighted by Gasteiger charge is 2.19. The minimum atomic E-state index is -1.17. The van der Waals surface area contributed by atoms with Crippen LogP contribution in [0, 0.1) is 13.8 Å². The van der Waals surface area contributed by atoms with Crippen molar-refractivity contribution in [2.24, 2.45) is 0 Å². The molecule has 112 valence electrons. The molecule has 0 fully saturated rings. The third-order valence-corrected chi connectivity index (χ3v) is 3.11. The van der Waals surface area contributed by atoms with Gasteiger partial charge in [-0.3, -0.25) is 0 Å². The molecule has 0 saturated carbocycles. The zero-order valence-electron chi connectivity index (χ0n) is 11.9. The number of ether oxygens (including phenoxy) is 1.